The molecule has 1 aromatic heterocycles. The Hall–Kier alpha value is -3.77. The number of nitriles is 1. The molecule has 0 amide bonds. The van der Waals surface area contributed by atoms with Crippen LogP contribution in [0.2, 0.25) is 0 Å². The Kier molecular flexibility index (Phi) is 9.21. The number of H-pyrrole nitrogens is 1. The summed E-state index contributed by atoms with van der Waals surface area (Å²) in [5.41, 5.74) is -0.941. The van der Waals surface area contributed by atoms with Crippen LogP contribution < -0.4 is 20.3 Å². The van der Waals surface area contributed by atoms with Crippen molar-refractivity contribution in [1.29, 1.82) is 5.26 Å². The number of fused-ring (bicyclic) bond motifs is 1. The van der Waals surface area contributed by atoms with Crippen LogP contribution in [0.5, 0.6) is 28.7 Å². The fourth-order valence-electron chi connectivity index (χ4n) is 4.52. The fraction of sp³-hybridized carbons (Fsp3) is 0.423. The monoisotopic (exact) mass is 574 g/mol. The summed E-state index contributed by atoms with van der Waals surface area (Å²) in [6.45, 7) is 5.90. The first-order chi connectivity index (χ1) is 19.2. The first-order valence-electron chi connectivity index (χ1n) is 12.7. The van der Waals surface area contributed by atoms with Crippen LogP contribution in [0, 0.1) is 17.1 Å². The van der Waals surface area contributed by atoms with E-state index in [1.54, 1.807) is 13.1 Å². The van der Waals surface area contributed by atoms with Crippen LogP contribution in [0.1, 0.15) is 38.2 Å². The largest absolute Gasteiger partial charge is 0.504 e. The van der Waals surface area contributed by atoms with E-state index >= 15 is 0 Å². The highest BCUT2D eigenvalue weighted by molar-refractivity contribution is 7.98. The molecule has 5 rings (SSSR count). The van der Waals surface area contributed by atoms with Crippen LogP contribution in [0.4, 0.5) is 10.1 Å². The molecule has 214 valence electrons. The standard InChI is InChI=1S/C18H16FN5O5S.C8H15NO/c1-3-24(2)30-23-10-5-4-9(19)16(8(10)6-20)29-17-13(25)11-12(14(26)15(17)27)21-7-22-18(11)28;1-2-8(10-7-1)3-5-9-6-4-8/h4-5,7,23,25-27H,3H2,1-2H3,(H,21,22,28);9H,1-7H2. The second kappa shape index (κ2) is 12.6. The normalized spacial score (nSPS) is 16.0. The molecule has 40 heavy (non-hydrogen) atoms. The Morgan fingerprint density at radius 1 is 1.23 bits per heavy atom. The number of aromatic amines is 1. The van der Waals surface area contributed by atoms with Gasteiger partial charge in [-0.2, -0.15) is 5.26 Å². The smallest absolute Gasteiger partial charge is 0.262 e. The van der Waals surface area contributed by atoms with Crippen molar-refractivity contribution >= 4 is 28.7 Å². The van der Waals surface area contributed by atoms with Crippen molar-refractivity contribution in [2.75, 3.05) is 38.0 Å². The Labute approximate surface area is 234 Å². The number of halogens is 1. The minimum absolute atomic E-state index is 0.211. The highest BCUT2D eigenvalue weighted by atomic mass is 32.2. The summed E-state index contributed by atoms with van der Waals surface area (Å²) in [5, 5.41) is 43.2. The van der Waals surface area contributed by atoms with Gasteiger partial charge in [0.05, 0.1) is 17.6 Å². The topological polar surface area (TPSA) is 176 Å². The van der Waals surface area contributed by atoms with E-state index in [2.05, 4.69) is 20.0 Å². The molecule has 2 aliphatic rings. The third-order valence-corrected chi connectivity index (χ3v) is 7.73. The Morgan fingerprint density at radius 2 is 1.98 bits per heavy atom. The lowest BCUT2D eigenvalue weighted by Gasteiger charge is -2.32. The summed E-state index contributed by atoms with van der Waals surface area (Å²) in [5.74, 6) is -5.09. The van der Waals surface area contributed by atoms with E-state index in [1.165, 1.54) is 31.7 Å². The molecule has 2 saturated heterocycles. The van der Waals surface area contributed by atoms with E-state index in [0.29, 0.717) is 12.1 Å². The van der Waals surface area contributed by atoms with Crippen molar-refractivity contribution in [3.8, 4) is 34.8 Å². The SMILES string of the molecule is C1COC2(C1)CCNCC2.CCN(C)SNc1ccc(F)c(Oc2c(O)c(O)c3nc[nH]c(=O)c3c2O)c1C#N. The van der Waals surface area contributed by atoms with Gasteiger partial charge in [-0.3, -0.25) is 4.79 Å². The van der Waals surface area contributed by atoms with Crippen molar-refractivity contribution in [1.82, 2.24) is 19.6 Å². The van der Waals surface area contributed by atoms with Crippen LogP contribution in [0.3, 0.4) is 0 Å². The first-order valence-corrected chi connectivity index (χ1v) is 13.5. The van der Waals surface area contributed by atoms with Gasteiger partial charge in [0.25, 0.3) is 5.56 Å². The third-order valence-electron chi connectivity index (χ3n) is 6.85. The van der Waals surface area contributed by atoms with E-state index in [4.69, 9.17) is 9.47 Å². The van der Waals surface area contributed by atoms with E-state index in [1.807, 2.05) is 11.2 Å². The second-order valence-electron chi connectivity index (χ2n) is 9.37. The molecule has 0 bridgehead atoms. The lowest BCUT2D eigenvalue weighted by Crippen LogP contribution is -2.41. The minimum Gasteiger partial charge on any atom is -0.504 e. The summed E-state index contributed by atoms with van der Waals surface area (Å²) in [6, 6.07) is 4.15. The number of ether oxygens (including phenoxy) is 2. The van der Waals surface area contributed by atoms with Gasteiger partial charge in [0, 0.05) is 25.3 Å². The number of aromatic nitrogens is 2. The van der Waals surface area contributed by atoms with Gasteiger partial charge in [-0.1, -0.05) is 6.92 Å². The number of rotatable bonds is 6. The van der Waals surface area contributed by atoms with Gasteiger partial charge in [-0.25, -0.2) is 13.7 Å². The molecule has 0 unspecified atom stereocenters. The van der Waals surface area contributed by atoms with Crippen LogP contribution in [-0.4, -0.2) is 68.5 Å². The molecule has 0 atom stereocenters. The maximum absolute atomic E-state index is 14.5. The summed E-state index contributed by atoms with van der Waals surface area (Å²) in [4.78, 5) is 18.0. The van der Waals surface area contributed by atoms with Gasteiger partial charge in [0.15, 0.2) is 23.1 Å². The maximum atomic E-state index is 14.5. The third kappa shape index (κ3) is 6.02. The van der Waals surface area contributed by atoms with Crippen molar-refractivity contribution < 1.29 is 29.2 Å². The van der Waals surface area contributed by atoms with E-state index in [-0.39, 0.29) is 16.8 Å². The van der Waals surface area contributed by atoms with Crippen LogP contribution >= 0.6 is 12.1 Å². The van der Waals surface area contributed by atoms with Gasteiger partial charge in [-0.15, -0.1) is 0 Å². The van der Waals surface area contributed by atoms with Crippen molar-refractivity contribution in [3.05, 3.63) is 40.2 Å². The zero-order valence-electron chi connectivity index (χ0n) is 22.1. The number of phenols is 3. The highest BCUT2D eigenvalue weighted by Gasteiger charge is 2.35. The second-order valence-corrected chi connectivity index (χ2v) is 10.4. The number of anilines is 1. The molecule has 0 aliphatic carbocycles. The number of phenolic OH excluding ortho intramolecular Hbond substituents is 3. The number of nitrogens with zero attached hydrogens (tertiary/aromatic N) is 3. The number of hydrogen-bond donors (Lipinski definition) is 6. The number of benzene rings is 2. The zero-order valence-corrected chi connectivity index (χ0v) is 22.9. The Morgan fingerprint density at radius 3 is 2.62 bits per heavy atom. The Bertz CT molecular complexity index is 1470. The van der Waals surface area contributed by atoms with E-state index in [0.717, 1.165) is 44.2 Å². The number of aromatic hydroxyl groups is 3. The summed E-state index contributed by atoms with van der Waals surface area (Å²) >= 11 is 1.15. The molecular weight excluding hydrogens is 543 g/mol. The Balaban J connectivity index is 0.000000307. The summed E-state index contributed by atoms with van der Waals surface area (Å²) in [6.07, 6.45) is 6.01. The highest BCUT2D eigenvalue weighted by Crippen LogP contribution is 2.50. The number of hydrogen-bond acceptors (Lipinski definition) is 12. The van der Waals surface area contributed by atoms with Gasteiger partial charge in [0.2, 0.25) is 11.5 Å². The van der Waals surface area contributed by atoms with E-state index < -0.39 is 45.5 Å². The number of nitrogens with one attached hydrogen (secondary N) is 3. The van der Waals surface area contributed by atoms with Crippen molar-refractivity contribution in [3.63, 3.8) is 0 Å². The predicted molar refractivity (Wildman–Crippen MR) is 148 cm³/mol. The zero-order chi connectivity index (χ0) is 28.9. The molecule has 3 aromatic rings. The molecule has 3 heterocycles. The van der Waals surface area contributed by atoms with Gasteiger partial charge >= 0.3 is 0 Å². The molecule has 1 spiro atoms. The first kappa shape index (κ1) is 29.2. The molecule has 12 nitrogen and oxygen atoms in total. The van der Waals surface area contributed by atoms with Crippen LogP contribution in [-0.2, 0) is 4.74 Å². The van der Waals surface area contributed by atoms with Crippen molar-refractivity contribution in [2.45, 2.75) is 38.2 Å². The molecule has 0 radical (unpaired) electrons. The fourth-order valence-corrected chi connectivity index (χ4v) is 5.07. The van der Waals surface area contributed by atoms with Gasteiger partial charge < -0.3 is 39.8 Å². The van der Waals surface area contributed by atoms with Gasteiger partial charge in [0.1, 0.15) is 22.5 Å². The molecule has 14 heteroatoms. The van der Waals surface area contributed by atoms with Crippen LogP contribution in [0.25, 0.3) is 10.9 Å². The summed E-state index contributed by atoms with van der Waals surface area (Å²) < 4.78 is 30.2. The molecule has 0 saturated carbocycles. The molecule has 2 aliphatic heterocycles. The summed E-state index contributed by atoms with van der Waals surface area (Å²) in [7, 11) is 1.80. The minimum atomic E-state index is -0.972. The molecule has 2 fully saturated rings. The number of piperidine rings is 1. The quantitative estimate of drug-likeness (QED) is 0.143. The predicted octanol–water partition coefficient (Wildman–Crippen LogP) is 3.69. The lowest BCUT2D eigenvalue weighted by molar-refractivity contribution is -0.0190. The molecule has 2 aromatic carbocycles. The average molecular weight is 575 g/mol. The van der Waals surface area contributed by atoms with Gasteiger partial charge in [-0.05, 0) is 58.0 Å². The lowest BCUT2D eigenvalue weighted by atomic mass is 9.90. The molecular formula is C26H31FN6O6S. The van der Waals surface area contributed by atoms with Crippen molar-refractivity contribution in [2.24, 2.45) is 0 Å². The van der Waals surface area contributed by atoms with E-state index in [9.17, 15) is 29.8 Å². The average Bonchev–Trinajstić information content (AvgIpc) is 3.41. The maximum Gasteiger partial charge on any atom is 0.262 e. The van der Waals surface area contributed by atoms with Crippen LogP contribution in [0.15, 0.2) is 23.3 Å². The molecule has 6 N–H and O–H groups in total.